The zero-order valence-corrected chi connectivity index (χ0v) is 19.1. The molecule has 2 unspecified atom stereocenters. The van der Waals surface area contributed by atoms with E-state index >= 15 is 0 Å². The molecular formula is C23H30N6O5. The molecule has 3 aliphatic rings. The van der Waals surface area contributed by atoms with Gasteiger partial charge in [0.25, 0.3) is 5.91 Å². The van der Waals surface area contributed by atoms with Gasteiger partial charge < -0.3 is 29.0 Å². The zero-order chi connectivity index (χ0) is 23.4. The van der Waals surface area contributed by atoms with Crippen molar-refractivity contribution in [2.45, 2.75) is 31.3 Å². The van der Waals surface area contributed by atoms with E-state index in [4.69, 9.17) is 14.2 Å². The Morgan fingerprint density at radius 2 is 2.15 bits per heavy atom. The summed E-state index contributed by atoms with van der Waals surface area (Å²) in [4.78, 5) is 37.6. The highest BCUT2D eigenvalue weighted by Gasteiger charge is 2.42. The third-order valence-electron chi connectivity index (χ3n) is 6.70. The van der Waals surface area contributed by atoms with Crippen LogP contribution in [-0.4, -0.2) is 100.0 Å². The van der Waals surface area contributed by atoms with Crippen LogP contribution < -0.4 is 4.74 Å². The number of aromatic amines is 1. The van der Waals surface area contributed by atoms with Crippen molar-refractivity contribution in [2.24, 2.45) is 5.92 Å². The summed E-state index contributed by atoms with van der Waals surface area (Å²) in [5.74, 6) is 0.179. The maximum atomic E-state index is 13.5. The first-order valence-electron chi connectivity index (χ1n) is 11.8. The molecule has 2 aliphatic heterocycles. The van der Waals surface area contributed by atoms with Crippen LogP contribution in [-0.2, 0) is 31.9 Å². The number of aromatic nitrogens is 4. The lowest BCUT2D eigenvalue weighted by molar-refractivity contribution is -0.145. The maximum absolute atomic E-state index is 13.5. The first-order chi connectivity index (χ1) is 16.6. The number of hydrogen-bond donors (Lipinski definition) is 1. The Morgan fingerprint density at radius 1 is 1.24 bits per heavy atom. The minimum absolute atomic E-state index is 0.0760. The molecule has 11 heteroatoms. The second-order valence-electron chi connectivity index (χ2n) is 9.13. The van der Waals surface area contributed by atoms with Crippen LogP contribution in [0.1, 0.15) is 24.2 Å². The monoisotopic (exact) mass is 470 g/mol. The van der Waals surface area contributed by atoms with Gasteiger partial charge in [0.2, 0.25) is 11.8 Å². The van der Waals surface area contributed by atoms with Gasteiger partial charge in [0.15, 0.2) is 6.61 Å². The lowest BCUT2D eigenvalue weighted by Crippen LogP contribution is -2.56. The summed E-state index contributed by atoms with van der Waals surface area (Å²) in [6, 6.07) is 3.36. The second-order valence-corrected chi connectivity index (χ2v) is 9.13. The highest BCUT2D eigenvalue weighted by atomic mass is 16.5. The fourth-order valence-corrected chi connectivity index (χ4v) is 4.97. The minimum atomic E-state index is -0.765. The van der Waals surface area contributed by atoms with Crippen molar-refractivity contribution in [3.05, 3.63) is 36.0 Å². The summed E-state index contributed by atoms with van der Waals surface area (Å²) in [5.41, 5.74) is 1.36. The van der Waals surface area contributed by atoms with Crippen molar-refractivity contribution < 1.29 is 23.8 Å². The molecule has 1 spiro atoms. The molecule has 11 nitrogen and oxygen atoms in total. The lowest BCUT2D eigenvalue weighted by atomic mass is 9.88. The van der Waals surface area contributed by atoms with Crippen LogP contribution in [0.2, 0.25) is 0 Å². The normalized spacial score (nSPS) is 25.4. The van der Waals surface area contributed by atoms with Crippen LogP contribution in [0.25, 0.3) is 0 Å². The summed E-state index contributed by atoms with van der Waals surface area (Å²) in [6.07, 6.45) is 6.28. The number of rotatable bonds is 4. The molecule has 2 saturated heterocycles. The minimum Gasteiger partial charge on any atom is -0.466 e. The largest absolute Gasteiger partial charge is 0.466 e. The van der Waals surface area contributed by atoms with E-state index in [0.29, 0.717) is 58.3 Å². The first kappa shape index (κ1) is 22.7. The quantitative estimate of drug-likeness (QED) is 0.674. The van der Waals surface area contributed by atoms with E-state index in [2.05, 4.69) is 20.2 Å². The molecule has 0 saturated carbocycles. The van der Waals surface area contributed by atoms with E-state index < -0.39 is 5.60 Å². The fraction of sp³-hybridized carbons (Fsp3) is 0.609. The van der Waals surface area contributed by atoms with Crippen molar-refractivity contribution in [3.63, 3.8) is 0 Å². The molecule has 1 N–H and O–H groups in total. The number of amides is 2. The Labute approximate surface area is 197 Å². The Bertz CT molecular complexity index is 997. The van der Waals surface area contributed by atoms with Crippen molar-refractivity contribution in [2.75, 3.05) is 52.6 Å². The van der Waals surface area contributed by atoms with Crippen molar-refractivity contribution in [1.82, 2.24) is 30.0 Å². The van der Waals surface area contributed by atoms with Gasteiger partial charge in [-0.1, -0.05) is 0 Å². The first-order valence-corrected chi connectivity index (χ1v) is 11.8. The molecule has 5 rings (SSSR count). The molecule has 1 aliphatic carbocycles. The van der Waals surface area contributed by atoms with E-state index in [9.17, 15) is 9.59 Å². The fourth-order valence-electron chi connectivity index (χ4n) is 4.97. The Hall–Kier alpha value is -3.05. The summed E-state index contributed by atoms with van der Waals surface area (Å²) < 4.78 is 17.6. The van der Waals surface area contributed by atoms with Gasteiger partial charge in [0, 0.05) is 50.0 Å². The number of ether oxygens (including phenoxy) is 3. The SMILES string of the molecule is O=C(COc1cccnn1)N1CCOCC2(C1)CN(C(=O)C1CCc3nc[nH]c3C1)CCCO2. The van der Waals surface area contributed by atoms with Gasteiger partial charge >= 0.3 is 0 Å². The van der Waals surface area contributed by atoms with Crippen LogP contribution in [0.5, 0.6) is 5.88 Å². The molecule has 34 heavy (non-hydrogen) atoms. The number of nitrogens with zero attached hydrogens (tertiary/aromatic N) is 5. The number of imidazole rings is 1. The summed E-state index contributed by atoms with van der Waals surface area (Å²) in [7, 11) is 0. The van der Waals surface area contributed by atoms with E-state index in [1.807, 2.05) is 4.90 Å². The van der Waals surface area contributed by atoms with Crippen molar-refractivity contribution in [1.29, 1.82) is 0 Å². The predicted molar refractivity (Wildman–Crippen MR) is 119 cm³/mol. The molecule has 2 atom stereocenters. The van der Waals surface area contributed by atoms with Crippen molar-refractivity contribution >= 4 is 11.8 Å². The standard InChI is InChI=1S/C23H30N6O5/c30-21(12-33-20-3-1-6-26-27-20)28-8-10-32-15-23(13-28)14-29(7-2-9-34-23)22(31)17-4-5-18-19(11-17)25-16-24-18/h1,3,6,16-17H,2,4-5,7-15H2,(H,24,25). The van der Waals surface area contributed by atoms with E-state index in [-0.39, 0.29) is 24.3 Å². The van der Waals surface area contributed by atoms with Crippen LogP contribution in [0.3, 0.4) is 0 Å². The predicted octanol–water partition coefficient (Wildman–Crippen LogP) is 0.230. The second kappa shape index (κ2) is 10.1. The van der Waals surface area contributed by atoms with Crippen LogP contribution >= 0.6 is 0 Å². The molecule has 0 radical (unpaired) electrons. The molecule has 2 aromatic heterocycles. The van der Waals surface area contributed by atoms with Gasteiger partial charge in [-0.2, -0.15) is 5.10 Å². The molecule has 182 valence electrons. The molecular weight excluding hydrogens is 440 g/mol. The van der Waals surface area contributed by atoms with E-state index in [1.54, 1.807) is 29.6 Å². The Kier molecular flexibility index (Phi) is 6.73. The number of carbonyl (C=O) groups excluding carboxylic acids is 2. The van der Waals surface area contributed by atoms with Gasteiger partial charge in [-0.05, 0) is 25.3 Å². The van der Waals surface area contributed by atoms with Gasteiger partial charge in [-0.15, -0.1) is 5.10 Å². The highest BCUT2D eigenvalue weighted by molar-refractivity contribution is 5.80. The number of aryl methyl sites for hydroxylation is 1. The van der Waals surface area contributed by atoms with Crippen LogP contribution in [0.15, 0.2) is 24.7 Å². The smallest absolute Gasteiger partial charge is 0.260 e. The third-order valence-corrected chi connectivity index (χ3v) is 6.70. The van der Waals surface area contributed by atoms with Gasteiger partial charge in [0.05, 0.1) is 38.3 Å². The summed E-state index contributed by atoms with van der Waals surface area (Å²) in [5, 5.41) is 7.61. The number of H-pyrrole nitrogens is 1. The number of nitrogens with one attached hydrogen (secondary N) is 1. The van der Waals surface area contributed by atoms with Gasteiger partial charge in [-0.3, -0.25) is 9.59 Å². The summed E-state index contributed by atoms with van der Waals surface area (Å²) >= 11 is 0. The number of carbonyl (C=O) groups is 2. The van der Waals surface area contributed by atoms with Crippen molar-refractivity contribution in [3.8, 4) is 5.88 Å². The molecule has 0 bridgehead atoms. The lowest BCUT2D eigenvalue weighted by Gasteiger charge is -2.38. The molecule has 2 amide bonds. The topological polar surface area (TPSA) is 123 Å². The molecule has 2 aromatic rings. The summed E-state index contributed by atoms with van der Waals surface area (Å²) in [6.45, 7) is 2.92. The number of fused-ring (bicyclic) bond motifs is 1. The van der Waals surface area contributed by atoms with Gasteiger partial charge in [-0.25, -0.2) is 4.98 Å². The average molecular weight is 471 g/mol. The number of hydrogen-bond acceptors (Lipinski definition) is 8. The van der Waals surface area contributed by atoms with Crippen LogP contribution in [0, 0.1) is 5.92 Å². The average Bonchev–Trinajstić information content (AvgIpc) is 3.11. The zero-order valence-electron chi connectivity index (χ0n) is 19.1. The van der Waals surface area contributed by atoms with E-state index in [1.165, 1.54) is 0 Å². The third kappa shape index (κ3) is 5.05. The molecule has 4 heterocycles. The highest BCUT2D eigenvalue weighted by Crippen LogP contribution is 2.28. The maximum Gasteiger partial charge on any atom is 0.260 e. The Balaban J connectivity index is 1.25. The van der Waals surface area contributed by atoms with Crippen LogP contribution in [0.4, 0.5) is 0 Å². The van der Waals surface area contributed by atoms with Gasteiger partial charge in [0.1, 0.15) is 5.60 Å². The molecule has 0 aromatic carbocycles. The molecule has 2 fully saturated rings. The Morgan fingerprint density at radius 3 is 3.03 bits per heavy atom. The van der Waals surface area contributed by atoms with E-state index in [0.717, 1.165) is 30.7 Å².